The standard InChI is InChI=1S/C20H20N2O3/c1-4-16(19(24)21-14-10-12(2)9-13(3)11-14)22-17-8-6-5-7-15(17)18(23)20(22)25/h5-11,16H,4H2,1-3H3,(H,21,24). The number of benzene rings is 2. The summed E-state index contributed by atoms with van der Waals surface area (Å²) < 4.78 is 0. The lowest BCUT2D eigenvalue weighted by atomic mass is 10.1. The minimum atomic E-state index is -0.735. The Labute approximate surface area is 146 Å². The summed E-state index contributed by atoms with van der Waals surface area (Å²) in [5.41, 5.74) is 3.62. The third kappa shape index (κ3) is 3.05. The fourth-order valence-electron chi connectivity index (χ4n) is 3.28. The van der Waals surface area contributed by atoms with Crippen molar-refractivity contribution in [2.24, 2.45) is 0 Å². The first kappa shape index (κ1) is 16.9. The molecular formula is C20H20N2O3. The first-order chi connectivity index (χ1) is 11.9. The monoisotopic (exact) mass is 336 g/mol. The Hall–Kier alpha value is -2.95. The molecule has 0 fully saturated rings. The molecule has 2 aromatic rings. The Morgan fingerprint density at radius 1 is 1.08 bits per heavy atom. The Morgan fingerprint density at radius 3 is 2.36 bits per heavy atom. The van der Waals surface area contributed by atoms with Crippen LogP contribution in [0.2, 0.25) is 0 Å². The average molecular weight is 336 g/mol. The Balaban J connectivity index is 1.91. The summed E-state index contributed by atoms with van der Waals surface area (Å²) in [4.78, 5) is 38.7. The molecule has 0 bridgehead atoms. The number of fused-ring (bicyclic) bond motifs is 1. The number of ketones is 1. The van der Waals surface area contributed by atoms with Gasteiger partial charge in [0.05, 0.1) is 11.3 Å². The number of aryl methyl sites for hydroxylation is 2. The lowest BCUT2D eigenvalue weighted by molar-refractivity contribution is -0.121. The van der Waals surface area contributed by atoms with Crippen LogP contribution in [0.25, 0.3) is 0 Å². The second kappa shape index (κ2) is 6.51. The van der Waals surface area contributed by atoms with E-state index < -0.39 is 17.7 Å². The number of para-hydroxylation sites is 1. The van der Waals surface area contributed by atoms with Gasteiger partial charge in [-0.05, 0) is 55.7 Å². The number of anilines is 2. The quantitative estimate of drug-likeness (QED) is 0.872. The highest BCUT2D eigenvalue weighted by atomic mass is 16.2. The zero-order chi connectivity index (χ0) is 18.1. The van der Waals surface area contributed by atoms with Gasteiger partial charge in [0.2, 0.25) is 5.91 Å². The Bertz CT molecular complexity index is 853. The molecule has 5 heteroatoms. The highest BCUT2D eigenvalue weighted by Crippen LogP contribution is 2.31. The molecule has 1 N–H and O–H groups in total. The fraction of sp³-hybridized carbons (Fsp3) is 0.250. The van der Waals surface area contributed by atoms with E-state index in [0.717, 1.165) is 11.1 Å². The van der Waals surface area contributed by atoms with Gasteiger partial charge in [-0.1, -0.05) is 25.1 Å². The molecule has 1 unspecified atom stereocenters. The van der Waals surface area contributed by atoms with Crippen LogP contribution in [-0.4, -0.2) is 23.6 Å². The van der Waals surface area contributed by atoms with Crippen LogP contribution in [0.4, 0.5) is 11.4 Å². The van der Waals surface area contributed by atoms with E-state index in [2.05, 4.69) is 5.32 Å². The van der Waals surface area contributed by atoms with E-state index in [0.29, 0.717) is 23.4 Å². The van der Waals surface area contributed by atoms with Crippen molar-refractivity contribution in [2.45, 2.75) is 33.2 Å². The highest BCUT2D eigenvalue weighted by Gasteiger charge is 2.41. The van der Waals surface area contributed by atoms with Gasteiger partial charge in [0.1, 0.15) is 6.04 Å². The molecule has 2 aromatic carbocycles. The van der Waals surface area contributed by atoms with Crippen LogP contribution < -0.4 is 10.2 Å². The topological polar surface area (TPSA) is 66.5 Å². The van der Waals surface area contributed by atoms with Crippen molar-refractivity contribution in [3.63, 3.8) is 0 Å². The van der Waals surface area contributed by atoms with Gasteiger partial charge >= 0.3 is 0 Å². The summed E-state index contributed by atoms with van der Waals surface area (Å²) in [6.45, 7) is 5.74. The van der Waals surface area contributed by atoms with Crippen molar-refractivity contribution in [3.8, 4) is 0 Å². The van der Waals surface area contributed by atoms with Crippen LogP contribution in [0.3, 0.4) is 0 Å². The number of hydrogen-bond donors (Lipinski definition) is 1. The van der Waals surface area contributed by atoms with Gasteiger partial charge < -0.3 is 5.32 Å². The predicted molar refractivity (Wildman–Crippen MR) is 96.9 cm³/mol. The van der Waals surface area contributed by atoms with E-state index in [1.165, 1.54) is 4.90 Å². The molecule has 3 rings (SSSR count). The van der Waals surface area contributed by atoms with Gasteiger partial charge in [-0.15, -0.1) is 0 Å². The number of rotatable bonds is 4. The van der Waals surface area contributed by atoms with E-state index in [1.54, 1.807) is 24.3 Å². The molecule has 0 saturated carbocycles. The van der Waals surface area contributed by atoms with Crippen molar-refractivity contribution in [1.82, 2.24) is 0 Å². The second-order valence-corrected chi connectivity index (χ2v) is 6.31. The normalized spacial score (nSPS) is 14.4. The zero-order valence-electron chi connectivity index (χ0n) is 14.5. The fourth-order valence-corrected chi connectivity index (χ4v) is 3.28. The highest BCUT2D eigenvalue weighted by molar-refractivity contribution is 6.52. The zero-order valence-corrected chi connectivity index (χ0v) is 14.5. The molecule has 0 aromatic heterocycles. The number of carbonyl (C=O) groups excluding carboxylic acids is 3. The summed E-state index contributed by atoms with van der Waals surface area (Å²) in [6.07, 6.45) is 0.407. The van der Waals surface area contributed by atoms with Crippen LogP contribution in [0, 0.1) is 13.8 Å². The number of amides is 2. The van der Waals surface area contributed by atoms with Gasteiger partial charge in [0.25, 0.3) is 11.7 Å². The summed E-state index contributed by atoms with van der Waals surface area (Å²) in [7, 11) is 0. The molecule has 1 atom stereocenters. The van der Waals surface area contributed by atoms with E-state index in [4.69, 9.17) is 0 Å². The van der Waals surface area contributed by atoms with Crippen molar-refractivity contribution in [2.75, 3.05) is 10.2 Å². The molecule has 1 aliphatic heterocycles. The molecule has 0 spiro atoms. The minimum absolute atomic E-state index is 0.301. The number of hydrogen-bond acceptors (Lipinski definition) is 3. The first-order valence-electron chi connectivity index (χ1n) is 8.28. The molecule has 5 nitrogen and oxygen atoms in total. The smallest absolute Gasteiger partial charge is 0.300 e. The molecule has 25 heavy (non-hydrogen) atoms. The third-order valence-corrected chi connectivity index (χ3v) is 4.31. The number of nitrogens with one attached hydrogen (secondary N) is 1. The third-order valence-electron chi connectivity index (χ3n) is 4.31. The van der Waals surface area contributed by atoms with Gasteiger partial charge in [-0.2, -0.15) is 0 Å². The van der Waals surface area contributed by atoms with Crippen LogP contribution >= 0.6 is 0 Å². The lowest BCUT2D eigenvalue weighted by Gasteiger charge is -2.26. The molecule has 1 heterocycles. The van der Waals surface area contributed by atoms with Gasteiger partial charge in [0.15, 0.2) is 0 Å². The number of carbonyl (C=O) groups is 3. The maximum Gasteiger partial charge on any atom is 0.300 e. The molecular weight excluding hydrogens is 316 g/mol. The molecule has 2 amide bonds. The second-order valence-electron chi connectivity index (χ2n) is 6.31. The molecule has 0 aliphatic carbocycles. The van der Waals surface area contributed by atoms with Gasteiger partial charge in [-0.25, -0.2) is 0 Å². The van der Waals surface area contributed by atoms with Crippen molar-refractivity contribution >= 4 is 29.0 Å². The summed E-state index contributed by atoms with van der Waals surface area (Å²) in [5.74, 6) is -1.51. The van der Waals surface area contributed by atoms with E-state index in [1.807, 2.05) is 39.0 Å². The van der Waals surface area contributed by atoms with Crippen molar-refractivity contribution in [1.29, 1.82) is 0 Å². The van der Waals surface area contributed by atoms with Crippen LogP contribution in [0.5, 0.6) is 0 Å². The summed E-state index contributed by atoms with van der Waals surface area (Å²) >= 11 is 0. The molecule has 128 valence electrons. The summed E-state index contributed by atoms with van der Waals surface area (Å²) in [6, 6.07) is 11.8. The lowest BCUT2D eigenvalue weighted by Crippen LogP contribution is -2.46. The van der Waals surface area contributed by atoms with E-state index in [9.17, 15) is 14.4 Å². The Morgan fingerprint density at radius 2 is 1.72 bits per heavy atom. The van der Waals surface area contributed by atoms with Crippen molar-refractivity contribution in [3.05, 3.63) is 59.2 Å². The van der Waals surface area contributed by atoms with Gasteiger partial charge in [-0.3, -0.25) is 19.3 Å². The molecule has 1 aliphatic rings. The molecule has 0 saturated heterocycles. The largest absolute Gasteiger partial charge is 0.324 e. The van der Waals surface area contributed by atoms with E-state index >= 15 is 0 Å². The van der Waals surface area contributed by atoms with Crippen LogP contribution in [0.1, 0.15) is 34.8 Å². The maximum atomic E-state index is 12.8. The van der Waals surface area contributed by atoms with Crippen molar-refractivity contribution < 1.29 is 14.4 Å². The summed E-state index contributed by atoms with van der Waals surface area (Å²) in [5, 5.41) is 2.87. The van der Waals surface area contributed by atoms with Gasteiger partial charge in [0, 0.05) is 5.69 Å². The molecule has 0 radical (unpaired) electrons. The Kier molecular flexibility index (Phi) is 4.40. The first-order valence-corrected chi connectivity index (χ1v) is 8.28. The van der Waals surface area contributed by atoms with E-state index in [-0.39, 0.29) is 5.91 Å². The maximum absolute atomic E-state index is 12.8. The van der Waals surface area contributed by atoms with Crippen LogP contribution in [0.15, 0.2) is 42.5 Å². The SMILES string of the molecule is CCC(C(=O)Nc1cc(C)cc(C)c1)N1C(=O)C(=O)c2ccccc21. The van der Waals surface area contributed by atoms with Crippen LogP contribution in [-0.2, 0) is 9.59 Å². The number of Topliss-reactive ketones (excluding diaryl/α,β-unsaturated/α-hetero) is 1. The minimum Gasteiger partial charge on any atom is -0.324 e. The predicted octanol–water partition coefficient (Wildman–Crippen LogP) is 3.25. The average Bonchev–Trinajstić information content (AvgIpc) is 2.80. The number of nitrogens with zero attached hydrogens (tertiary/aromatic N) is 1.